The van der Waals surface area contributed by atoms with E-state index in [9.17, 15) is 13.6 Å². The summed E-state index contributed by atoms with van der Waals surface area (Å²) >= 11 is 7.37. The standard InChI is InChI=1S/C24H21ClF2N6OS/c1-24(2,3)21-33-19(18-6-7-29-22(28)31-18)20(35-21)12-8-14(27)10-15(9-12)30-23(34)32-17-5-4-13(26)11-16(17)25/h4-11H,1-3H3,(H2,28,29,31)(H2,30,32,34). The van der Waals surface area contributed by atoms with Crippen LogP contribution in [0, 0.1) is 11.6 Å². The van der Waals surface area contributed by atoms with Crippen LogP contribution in [-0.2, 0) is 5.41 Å². The summed E-state index contributed by atoms with van der Waals surface area (Å²) in [6.07, 6.45) is 1.53. The topological polar surface area (TPSA) is 106 Å². The predicted molar refractivity (Wildman–Crippen MR) is 136 cm³/mol. The molecule has 11 heteroatoms. The number of urea groups is 1. The number of carbonyl (C=O) groups excluding carboxylic acids is 1. The highest BCUT2D eigenvalue weighted by atomic mass is 35.5. The van der Waals surface area contributed by atoms with Crippen LogP contribution in [0.1, 0.15) is 25.8 Å². The molecule has 4 aromatic rings. The number of benzene rings is 2. The average molecular weight is 515 g/mol. The van der Waals surface area contributed by atoms with E-state index in [1.54, 1.807) is 12.1 Å². The van der Waals surface area contributed by atoms with Gasteiger partial charge in [0.2, 0.25) is 5.95 Å². The lowest BCUT2D eigenvalue weighted by Gasteiger charge is -2.13. The van der Waals surface area contributed by atoms with Gasteiger partial charge in [-0.15, -0.1) is 11.3 Å². The highest BCUT2D eigenvalue weighted by Crippen LogP contribution is 2.41. The molecule has 35 heavy (non-hydrogen) atoms. The summed E-state index contributed by atoms with van der Waals surface area (Å²) in [5, 5.41) is 5.96. The Kier molecular flexibility index (Phi) is 6.68. The van der Waals surface area contributed by atoms with Crippen LogP contribution in [0.2, 0.25) is 5.02 Å². The Bertz CT molecular complexity index is 1420. The van der Waals surface area contributed by atoms with Gasteiger partial charge in [-0.2, -0.15) is 0 Å². The van der Waals surface area contributed by atoms with Crippen LogP contribution in [0.25, 0.3) is 21.8 Å². The fourth-order valence-electron chi connectivity index (χ4n) is 3.18. The predicted octanol–water partition coefficient (Wildman–Crippen LogP) is 6.72. The first-order chi connectivity index (χ1) is 16.5. The lowest BCUT2D eigenvalue weighted by molar-refractivity contribution is 0.262. The Morgan fingerprint density at radius 3 is 2.49 bits per heavy atom. The Labute approximate surface area is 209 Å². The van der Waals surface area contributed by atoms with Crippen molar-refractivity contribution in [2.45, 2.75) is 26.2 Å². The third kappa shape index (κ3) is 5.72. The third-order valence-corrected chi connectivity index (χ3v) is 6.63. The van der Waals surface area contributed by atoms with E-state index in [1.165, 1.54) is 41.8 Å². The first-order valence-corrected chi connectivity index (χ1v) is 11.6. The summed E-state index contributed by atoms with van der Waals surface area (Å²) < 4.78 is 27.9. The van der Waals surface area contributed by atoms with Crippen molar-refractivity contribution in [2.24, 2.45) is 0 Å². The van der Waals surface area contributed by atoms with E-state index in [2.05, 4.69) is 20.6 Å². The van der Waals surface area contributed by atoms with Crippen LogP contribution in [0.15, 0.2) is 48.7 Å². The number of nitrogens with one attached hydrogen (secondary N) is 2. The number of amides is 2. The highest BCUT2D eigenvalue weighted by molar-refractivity contribution is 7.15. The molecule has 0 aliphatic carbocycles. The van der Waals surface area contributed by atoms with Gasteiger partial charge < -0.3 is 16.4 Å². The molecule has 0 bridgehead atoms. The lowest BCUT2D eigenvalue weighted by Crippen LogP contribution is -2.19. The van der Waals surface area contributed by atoms with Crippen molar-refractivity contribution in [3.8, 4) is 21.8 Å². The molecule has 0 aliphatic heterocycles. The number of rotatable bonds is 4. The van der Waals surface area contributed by atoms with Crippen molar-refractivity contribution in [1.29, 1.82) is 0 Å². The maximum Gasteiger partial charge on any atom is 0.323 e. The van der Waals surface area contributed by atoms with Gasteiger partial charge in [-0.25, -0.2) is 28.5 Å². The number of anilines is 3. The van der Waals surface area contributed by atoms with Gasteiger partial charge in [-0.05, 0) is 48.0 Å². The van der Waals surface area contributed by atoms with Crippen LogP contribution in [0.3, 0.4) is 0 Å². The summed E-state index contributed by atoms with van der Waals surface area (Å²) in [5.74, 6) is -0.996. The first-order valence-electron chi connectivity index (χ1n) is 10.4. The van der Waals surface area contributed by atoms with Crippen molar-refractivity contribution < 1.29 is 13.6 Å². The van der Waals surface area contributed by atoms with Gasteiger partial charge in [0.05, 0.1) is 26.3 Å². The molecule has 0 saturated heterocycles. The SMILES string of the molecule is CC(C)(C)c1nc(-c2ccnc(N)n2)c(-c2cc(F)cc(NC(=O)Nc3ccc(F)cc3Cl)c2)s1. The number of aromatic nitrogens is 3. The second-order valence-electron chi connectivity index (χ2n) is 8.68. The van der Waals surface area contributed by atoms with Gasteiger partial charge in [0.1, 0.15) is 17.3 Å². The molecule has 0 radical (unpaired) electrons. The number of hydrogen-bond acceptors (Lipinski definition) is 6. The van der Waals surface area contributed by atoms with Crippen molar-refractivity contribution in [3.05, 3.63) is 70.3 Å². The Morgan fingerprint density at radius 1 is 1.03 bits per heavy atom. The normalized spacial score (nSPS) is 11.4. The van der Waals surface area contributed by atoms with Gasteiger partial charge in [-0.3, -0.25) is 0 Å². The Balaban J connectivity index is 1.70. The van der Waals surface area contributed by atoms with E-state index < -0.39 is 17.7 Å². The molecule has 2 aromatic heterocycles. The van der Waals surface area contributed by atoms with E-state index in [-0.39, 0.29) is 27.8 Å². The second-order valence-corrected chi connectivity index (χ2v) is 10.1. The molecule has 0 aliphatic rings. The van der Waals surface area contributed by atoms with Crippen LogP contribution < -0.4 is 16.4 Å². The van der Waals surface area contributed by atoms with Gasteiger partial charge >= 0.3 is 6.03 Å². The number of hydrogen-bond donors (Lipinski definition) is 3. The summed E-state index contributed by atoms with van der Waals surface area (Å²) in [7, 11) is 0. The number of nitrogens with two attached hydrogens (primary N) is 1. The van der Waals surface area contributed by atoms with Crippen molar-refractivity contribution in [2.75, 3.05) is 16.4 Å². The first kappa shape index (κ1) is 24.5. The van der Waals surface area contributed by atoms with Crippen molar-refractivity contribution in [1.82, 2.24) is 15.0 Å². The van der Waals surface area contributed by atoms with Crippen LogP contribution in [0.5, 0.6) is 0 Å². The fraction of sp³-hybridized carbons (Fsp3) is 0.167. The zero-order valence-corrected chi connectivity index (χ0v) is 20.6. The summed E-state index contributed by atoms with van der Waals surface area (Å²) in [6.45, 7) is 6.08. The van der Waals surface area contributed by atoms with Crippen LogP contribution >= 0.6 is 22.9 Å². The maximum absolute atomic E-state index is 14.6. The lowest BCUT2D eigenvalue weighted by atomic mass is 9.98. The zero-order valence-electron chi connectivity index (χ0n) is 19.0. The van der Waals surface area contributed by atoms with Gasteiger partial charge in [0.25, 0.3) is 0 Å². The monoisotopic (exact) mass is 514 g/mol. The van der Waals surface area contributed by atoms with E-state index in [1.807, 2.05) is 20.8 Å². The highest BCUT2D eigenvalue weighted by Gasteiger charge is 2.24. The maximum atomic E-state index is 14.6. The summed E-state index contributed by atoms with van der Waals surface area (Å²) in [6, 6.07) is 8.76. The molecular weight excluding hydrogens is 494 g/mol. The molecule has 2 heterocycles. The Hall–Kier alpha value is -3.63. The van der Waals surface area contributed by atoms with Gasteiger partial charge in [0, 0.05) is 17.3 Å². The zero-order chi connectivity index (χ0) is 25.3. The quantitative estimate of drug-likeness (QED) is 0.280. The van der Waals surface area contributed by atoms with E-state index in [0.29, 0.717) is 21.8 Å². The van der Waals surface area contributed by atoms with Gasteiger partial charge in [0.15, 0.2) is 0 Å². The van der Waals surface area contributed by atoms with E-state index in [4.69, 9.17) is 22.3 Å². The smallest absolute Gasteiger partial charge is 0.323 e. The molecule has 7 nitrogen and oxygen atoms in total. The Morgan fingerprint density at radius 2 is 1.80 bits per heavy atom. The van der Waals surface area contributed by atoms with E-state index >= 15 is 0 Å². The van der Waals surface area contributed by atoms with E-state index in [0.717, 1.165) is 11.1 Å². The molecule has 0 saturated carbocycles. The minimum Gasteiger partial charge on any atom is -0.368 e. The molecule has 4 N–H and O–H groups in total. The molecule has 0 atom stereocenters. The molecule has 4 rings (SSSR count). The largest absolute Gasteiger partial charge is 0.368 e. The molecule has 0 spiro atoms. The fourth-order valence-corrected chi connectivity index (χ4v) is 4.52. The number of thiazole rings is 1. The molecule has 180 valence electrons. The number of carbonyl (C=O) groups is 1. The summed E-state index contributed by atoms with van der Waals surface area (Å²) in [5.41, 5.74) is 7.46. The number of halogens is 3. The van der Waals surface area contributed by atoms with Gasteiger partial charge in [-0.1, -0.05) is 32.4 Å². The number of nitrogens with zero attached hydrogens (tertiary/aromatic N) is 3. The minimum absolute atomic E-state index is 0.0354. The molecular formula is C24H21ClF2N6OS. The molecule has 2 amide bonds. The van der Waals surface area contributed by atoms with Crippen molar-refractivity contribution >= 4 is 46.3 Å². The molecule has 0 unspecified atom stereocenters. The molecule has 0 fully saturated rings. The average Bonchev–Trinajstić information content (AvgIpc) is 3.22. The summed E-state index contributed by atoms with van der Waals surface area (Å²) in [4.78, 5) is 26.1. The van der Waals surface area contributed by atoms with Crippen molar-refractivity contribution in [3.63, 3.8) is 0 Å². The number of nitrogen functional groups attached to an aromatic ring is 1. The van der Waals surface area contributed by atoms with Crippen LogP contribution in [-0.4, -0.2) is 21.0 Å². The third-order valence-electron chi connectivity index (χ3n) is 4.78. The van der Waals surface area contributed by atoms with Crippen LogP contribution in [0.4, 0.5) is 30.9 Å². The minimum atomic E-state index is -0.668. The second kappa shape index (κ2) is 9.55. The molecule has 2 aromatic carbocycles.